The minimum Gasteiger partial charge on any atom is -0.353 e. The maximum absolute atomic E-state index is 12.5. The topological polar surface area (TPSA) is 79.3 Å². The van der Waals surface area contributed by atoms with Crippen LogP contribution >= 0.6 is 0 Å². The van der Waals surface area contributed by atoms with Crippen LogP contribution in [0.3, 0.4) is 0 Å². The zero-order valence-electron chi connectivity index (χ0n) is 15.9. The summed E-state index contributed by atoms with van der Waals surface area (Å²) in [6.07, 6.45) is 8.54. The molecule has 26 heavy (non-hydrogen) atoms. The van der Waals surface area contributed by atoms with Gasteiger partial charge in [0.05, 0.1) is 31.0 Å². The second-order valence-corrected chi connectivity index (χ2v) is 7.89. The Morgan fingerprint density at radius 1 is 1.38 bits per heavy atom. The van der Waals surface area contributed by atoms with Crippen molar-refractivity contribution in [1.82, 2.24) is 25.1 Å². The van der Waals surface area contributed by atoms with E-state index in [0.29, 0.717) is 25.0 Å². The van der Waals surface area contributed by atoms with Crippen molar-refractivity contribution < 1.29 is 9.59 Å². The van der Waals surface area contributed by atoms with Crippen LogP contribution in [0.1, 0.15) is 51.6 Å². The first-order chi connectivity index (χ1) is 12.5. The number of aromatic nitrogens is 2. The van der Waals surface area contributed by atoms with Crippen LogP contribution in [0, 0.1) is 5.92 Å². The number of imidazole rings is 1. The number of amides is 2. The van der Waals surface area contributed by atoms with Gasteiger partial charge in [0.1, 0.15) is 0 Å². The molecule has 0 unspecified atom stereocenters. The number of piperazine rings is 1. The Hall–Kier alpha value is -1.89. The molecule has 1 aliphatic carbocycles. The van der Waals surface area contributed by atoms with E-state index >= 15 is 0 Å². The number of nitrogens with one attached hydrogen (secondary N) is 2. The third-order valence-electron chi connectivity index (χ3n) is 5.37. The summed E-state index contributed by atoms with van der Waals surface area (Å²) >= 11 is 0. The summed E-state index contributed by atoms with van der Waals surface area (Å²) < 4.78 is 2.07. The van der Waals surface area contributed by atoms with Crippen LogP contribution in [0.2, 0.25) is 0 Å². The highest BCUT2D eigenvalue weighted by Gasteiger charge is 2.36. The lowest BCUT2D eigenvalue weighted by molar-refractivity contribution is -0.135. The molecule has 1 aromatic heterocycles. The fourth-order valence-electron chi connectivity index (χ4n) is 4.11. The Kier molecular flexibility index (Phi) is 6.29. The van der Waals surface area contributed by atoms with Gasteiger partial charge in [0.15, 0.2) is 0 Å². The van der Waals surface area contributed by atoms with Gasteiger partial charge in [0.25, 0.3) is 0 Å². The Labute approximate surface area is 155 Å². The van der Waals surface area contributed by atoms with Crippen molar-refractivity contribution in [2.24, 2.45) is 5.92 Å². The van der Waals surface area contributed by atoms with E-state index in [1.807, 2.05) is 0 Å². The van der Waals surface area contributed by atoms with Crippen LogP contribution < -0.4 is 10.6 Å². The number of hydrogen-bond acceptors (Lipinski definition) is 4. The fourth-order valence-corrected chi connectivity index (χ4v) is 4.11. The smallest absolute Gasteiger partial charge is 0.237 e. The predicted octanol–water partition coefficient (Wildman–Crippen LogP) is 1.29. The molecule has 3 rings (SSSR count). The second-order valence-electron chi connectivity index (χ2n) is 7.89. The van der Waals surface area contributed by atoms with Crippen LogP contribution in [-0.4, -0.2) is 51.4 Å². The van der Waals surface area contributed by atoms with Crippen molar-refractivity contribution in [3.05, 3.63) is 18.2 Å². The van der Waals surface area contributed by atoms with Crippen molar-refractivity contribution in [3.8, 4) is 0 Å². The largest absolute Gasteiger partial charge is 0.353 e. The lowest BCUT2D eigenvalue weighted by Gasteiger charge is -2.38. The van der Waals surface area contributed by atoms with Crippen LogP contribution in [0.4, 0.5) is 0 Å². The summed E-state index contributed by atoms with van der Waals surface area (Å²) in [5, 5.41) is 5.89. The highest BCUT2D eigenvalue weighted by Crippen LogP contribution is 2.26. The van der Waals surface area contributed by atoms with Gasteiger partial charge >= 0.3 is 0 Å². The molecule has 0 aromatic carbocycles. The van der Waals surface area contributed by atoms with Crippen molar-refractivity contribution in [2.75, 3.05) is 13.1 Å². The maximum atomic E-state index is 12.5. The van der Waals surface area contributed by atoms with Crippen LogP contribution in [0.15, 0.2) is 12.5 Å². The molecule has 7 nitrogen and oxygen atoms in total. The van der Waals surface area contributed by atoms with Gasteiger partial charge in [-0.3, -0.25) is 14.5 Å². The standard InChI is InChI=1S/C19H31N5O2/c1-14(2)12-23-13-20-10-16(23)11-22-18(25)9-17-19(26)21-7-8-24(17)15-5-3-4-6-15/h10,13-15,17H,3-9,11-12H2,1-2H3,(H,21,26)(H,22,25)/t17-/m0/s1. The van der Waals surface area contributed by atoms with Gasteiger partial charge < -0.3 is 15.2 Å². The van der Waals surface area contributed by atoms with Gasteiger partial charge in [0.2, 0.25) is 11.8 Å². The van der Waals surface area contributed by atoms with Crippen molar-refractivity contribution in [3.63, 3.8) is 0 Å². The zero-order valence-corrected chi connectivity index (χ0v) is 15.9. The molecule has 2 N–H and O–H groups in total. The molecular formula is C19H31N5O2. The summed E-state index contributed by atoms with van der Waals surface area (Å²) in [6, 6.07) is 0.110. The molecule has 7 heteroatoms. The van der Waals surface area contributed by atoms with E-state index in [0.717, 1.165) is 31.6 Å². The molecule has 2 amide bonds. The van der Waals surface area contributed by atoms with E-state index in [-0.39, 0.29) is 24.3 Å². The third kappa shape index (κ3) is 4.63. The first-order valence-corrected chi connectivity index (χ1v) is 9.83. The van der Waals surface area contributed by atoms with Gasteiger partial charge in [-0.2, -0.15) is 0 Å². The molecule has 2 heterocycles. The normalized spacial score (nSPS) is 22.0. The molecule has 1 aromatic rings. The molecular weight excluding hydrogens is 330 g/mol. The van der Waals surface area contributed by atoms with Crippen LogP contribution in [0.25, 0.3) is 0 Å². The van der Waals surface area contributed by atoms with Gasteiger partial charge in [0, 0.05) is 31.9 Å². The molecule has 2 aliphatic rings. The van der Waals surface area contributed by atoms with Gasteiger partial charge in [-0.25, -0.2) is 4.98 Å². The number of carbonyl (C=O) groups excluding carboxylic acids is 2. The molecule has 144 valence electrons. The molecule has 1 aliphatic heterocycles. The molecule has 0 spiro atoms. The van der Waals surface area contributed by atoms with E-state index in [1.54, 1.807) is 12.5 Å². The highest BCUT2D eigenvalue weighted by atomic mass is 16.2. The van der Waals surface area contributed by atoms with Crippen molar-refractivity contribution in [1.29, 1.82) is 0 Å². The minimum absolute atomic E-state index is 0.0110. The average Bonchev–Trinajstić information content (AvgIpc) is 3.26. The number of carbonyl (C=O) groups is 2. The van der Waals surface area contributed by atoms with Crippen LogP contribution in [0.5, 0.6) is 0 Å². The Morgan fingerprint density at radius 3 is 2.88 bits per heavy atom. The fraction of sp³-hybridized carbons (Fsp3) is 0.737. The quantitative estimate of drug-likeness (QED) is 0.767. The van der Waals surface area contributed by atoms with Crippen molar-refractivity contribution >= 4 is 11.8 Å². The van der Waals surface area contributed by atoms with E-state index in [4.69, 9.17) is 0 Å². The minimum atomic E-state index is -0.340. The summed E-state index contributed by atoms with van der Waals surface area (Å²) in [5.41, 5.74) is 0.993. The van der Waals surface area contributed by atoms with Gasteiger partial charge in [-0.1, -0.05) is 26.7 Å². The molecule has 1 saturated carbocycles. The highest BCUT2D eigenvalue weighted by molar-refractivity contribution is 5.88. The van der Waals surface area contributed by atoms with E-state index < -0.39 is 0 Å². The maximum Gasteiger partial charge on any atom is 0.237 e. The van der Waals surface area contributed by atoms with E-state index in [9.17, 15) is 9.59 Å². The molecule has 1 atom stereocenters. The van der Waals surface area contributed by atoms with Gasteiger partial charge in [-0.05, 0) is 18.8 Å². The second kappa shape index (κ2) is 8.66. The molecule has 1 saturated heterocycles. The Morgan fingerprint density at radius 2 is 2.15 bits per heavy atom. The Balaban J connectivity index is 1.56. The van der Waals surface area contributed by atoms with Crippen LogP contribution in [-0.2, 0) is 22.7 Å². The summed E-state index contributed by atoms with van der Waals surface area (Å²) in [6.45, 7) is 7.16. The van der Waals surface area contributed by atoms with E-state index in [2.05, 4.69) is 38.9 Å². The number of hydrogen-bond donors (Lipinski definition) is 2. The molecule has 2 fully saturated rings. The lowest BCUT2D eigenvalue weighted by atomic mass is 10.0. The molecule has 0 radical (unpaired) electrons. The Bertz CT molecular complexity index is 621. The summed E-state index contributed by atoms with van der Waals surface area (Å²) in [4.78, 5) is 31.3. The molecule has 0 bridgehead atoms. The SMILES string of the molecule is CC(C)Cn1cncc1CNC(=O)C[C@H]1C(=O)NCCN1C1CCCC1. The predicted molar refractivity (Wildman–Crippen MR) is 99.3 cm³/mol. The number of nitrogens with zero attached hydrogens (tertiary/aromatic N) is 3. The summed E-state index contributed by atoms with van der Waals surface area (Å²) in [5.74, 6) is 0.431. The van der Waals surface area contributed by atoms with Gasteiger partial charge in [-0.15, -0.1) is 0 Å². The summed E-state index contributed by atoms with van der Waals surface area (Å²) in [7, 11) is 0. The van der Waals surface area contributed by atoms with Crippen molar-refractivity contribution in [2.45, 2.75) is 71.1 Å². The first kappa shape index (κ1) is 18.9. The monoisotopic (exact) mass is 361 g/mol. The van der Waals surface area contributed by atoms with E-state index in [1.165, 1.54) is 12.8 Å². The number of rotatable bonds is 7. The zero-order chi connectivity index (χ0) is 18.5. The lowest BCUT2D eigenvalue weighted by Crippen LogP contribution is -2.59. The third-order valence-corrected chi connectivity index (χ3v) is 5.37. The first-order valence-electron chi connectivity index (χ1n) is 9.83. The average molecular weight is 361 g/mol.